The Labute approximate surface area is 110 Å². The van der Waals surface area contributed by atoms with E-state index < -0.39 is 0 Å². The van der Waals surface area contributed by atoms with Crippen LogP contribution < -0.4 is 5.32 Å². The number of carbonyl (C=O) groups is 1. The average Bonchev–Trinajstić information content (AvgIpc) is 2.33. The summed E-state index contributed by atoms with van der Waals surface area (Å²) in [5, 5.41) is 3.76. The van der Waals surface area contributed by atoms with E-state index in [9.17, 15) is 4.79 Å². The summed E-state index contributed by atoms with van der Waals surface area (Å²) >= 11 is 3.38. The predicted octanol–water partition coefficient (Wildman–Crippen LogP) is 2.35. The molecule has 1 saturated heterocycles. The topological polar surface area (TPSA) is 38.3 Å². The monoisotopic (exact) mass is 297 g/mol. The van der Waals surface area contributed by atoms with Crippen molar-refractivity contribution in [1.82, 2.24) is 5.32 Å². The molecule has 0 aliphatic carbocycles. The van der Waals surface area contributed by atoms with Gasteiger partial charge in [0.2, 0.25) is 0 Å². The van der Waals surface area contributed by atoms with Crippen molar-refractivity contribution < 1.29 is 9.53 Å². The van der Waals surface area contributed by atoms with E-state index in [0.717, 1.165) is 18.5 Å². The lowest BCUT2D eigenvalue weighted by Gasteiger charge is -2.38. The summed E-state index contributed by atoms with van der Waals surface area (Å²) in [4.78, 5) is 11.9. The fraction of sp³-hybridized carbons (Fsp3) is 0.462. The summed E-state index contributed by atoms with van der Waals surface area (Å²) in [5.74, 6) is -0.0146. The van der Waals surface area contributed by atoms with Crippen molar-refractivity contribution in [2.24, 2.45) is 5.41 Å². The second-order valence-corrected chi connectivity index (χ2v) is 5.38. The Balaban J connectivity index is 1.90. The maximum Gasteiger partial charge on any atom is 0.251 e. The van der Waals surface area contributed by atoms with Gasteiger partial charge in [0.15, 0.2) is 0 Å². The van der Waals surface area contributed by atoms with Gasteiger partial charge in [-0.25, -0.2) is 0 Å². The molecule has 1 aromatic rings. The van der Waals surface area contributed by atoms with Crippen LogP contribution in [0, 0.1) is 5.41 Å². The van der Waals surface area contributed by atoms with E-state index in [4.69, 9.17) is 4.74 Å². The van der Waals surface area contributed by atoms with Gasteiger partial charge in [-0.3, -0.25) is 4.79 Å². The fourth-order valence-corrected chi connectivity index (χ4v) is 2.07. The van der Waals surface area contributed by atoms with Crippen molar-refractivity contribution in [3.05, 3.63) is 35.4 Å². The van der Waals surface area contributed by atoms with Crippen LogP contribution in [0.3, 0.4) is 0 Å². The first-order chi connectivity index (χ1) is 8.13. The molecule has 1 amide bonds. The molecule has 2 rings (SSSR count). The molecule has 0 atom stereocenters. The number of nitrogens with one attached hydrogen (secondary N) is 1. The normalized spacial score (nSPS) is 17.3. The Morgan fingerprint density at radius 3 is 2.53 bits per heavy atom. The molecule has 0 bridgehead atoms. The molecular formula is C13H16BrNO2. The first-order valence-electron chi connectivity index (χ1n) is 5.64. The van der Waals surface area contributed by atoms with Gasteiger partial charge in [0.1, 0.15) is 0 Å². The highest BCUT2D eigenvalue weighted by molar-refractivity contribution is 9.08. The molecule has 0 saturated carbocycles. The molecule has 0 spiro atoms. The second kappa shape index (κ2) is 5.19. The number of alkyl halides is 1. The van der Waals surface area contributed by atoms with Gasteiger partial charge in [0.05, 0.1) is 13.2 Å². The molecular weight excluding hydrogens is 282 g/mol. The van der Waals surface area contributed by atoms with Crippen LogP contribution in [0.15, 0.2) is 24.3 Å². The Morgan fingerprint density at radius 1 is 1.41 bits per heavy atom. The lowest BCUT2D eigenvalue weighted by atomic mass is 9.88. The van der Waals surface area contributed by atoms with E-state index in [0.29, 0.717) is 12.1 Å². The van der Waals surface area contributed by atoms with Gasteiger partial charge < -0.3 is 10.1 Å². The maximum absolute atomic E-state index is 11.9. The summed E-state index contributed by atoms with van der Waals surface area (Å²) in [6.07, 6.45) is 0. The third-order valence-corrected chi connectivity index (χ3v) is 3.59. The second-order valence-electron chi connectivity index (χ2n) is 4.82. The Bertz CT molecular complexity index is 398. The van der Waals surface area contributed by atoms with Gasteiger partial charge in [-0.15, -0.1) is 0 Å². The van der Waals surface area contributed by atoms with E-state index in [1.807, 2.05) is 24.3 Å². The van der Waals surface area contributed by atoms with Gasteiger partial charge in [0.25, 0.3) is 5.91 Å². The maximum atomic E-state index is 11.9. The zero-order valence-corrected chi connectivity index (χ0v) is 11.4. The van der Waals surface area contributed by atoms with Crippen LogP contribution in [0.4, 0.5) is 0 Å². The quantitative estimate of drug-likeness (QED) is 0.867. The Hall–Kier alpha value is -0.870. The zero-order valence-electron chi connectivity index (χ0n) is 9.83. The summed E-state index contributed by atoms with van der Waals surface area (Å²) in [6, 6.07) is 7.62. The molecule has 1 heterocycles. The Morgan fingerprint density at radius 2 is 2.06 bits per heavy atom. The summed E-state index contributed by atoms with van der Waals surface area (Å²) in [7, 11) is 0. The number of benzene rings is 1. The van der Waals surface area contributed by atoms with Crippen molar-refractivity contribution in [3.8, 4) is 0 Å². The van der Waals surface area contributed by atoms with E-state index in [-0.39, 0.29) is 11.3 Å². The summed E-state index contributed by atoms with van der Waals surface area (Å²) in [6.45, 7) is 4.25. The smallest absolute Gasteiger partial charge is 0.251 e. The van der Waals surface area contributed by atoms with E-state index in [2.05, 4.69) is 28.2 Å². The molecule has 92 valence electrons. The van der Waals surface area contributed by atoms with Crippen molar-refractivity contribution in [2.45, 2.75) is 12.3 Å². The molecule has 0 unspecified atom stereocenters. The minimum absolute atomic E-state index is 0.0146. The van der Waals surface area contributed by atoms with Crippen molar-refractivity contribution in [2.75, 3.05) is 19.8 Å². The van der Waals surface area contributed by atoms with E-state index in [1.54, 1.807) is 0 Å². The van der Waals surface area contributed by atoms with Crippen molar-refractivity contribution in [1.29, 1.82) is 0 Å². The first kappa shape index (κ1) is 12.6. The fourth-order valence-electron chi connectivity index (χ4n) is 1.69. The highest BCUT2D eigenvalue weighted by Crippen LogP contribution is 2.25. The van der Waals surface area contributed by atoms with Crippen LogP contribution in [0.5, 0.6) is 0 Å². The predicted molar refractivity (Wildman–Crippen MR) is 70.3 cm³/mol. The lowest BCUT2D eigenvalue weighted by molar-refractivity contribution is -0.0978. The molecule has 3 nitrogen and oxygen atoms in total. The van der Waals surface area contributed by atoms with Crippen molar-refractivity contribution in [3.63, 3.8) is 0 Å². The van der Waals surface area contributed by atoms with Crippen LogP contribution >= 0.6 is 15.9 Å². The molecule has 1 aromatic carbocycles. The van der Waals surface area contributed by atoms with Crippen LogP contribution in [-0.2, 0) is 10.1 Å². The van der Waals surface area contributed by atoms with Gasteiger partial charge >= 0.3 is 0 Å². The highest BCUT2D eigenvalue weighted by Gasteiger charge is 2.33. The molecule has 1 fully saturated rings. The van der Waals surface area contributed by atoms with Crippen LogP contribution in [0.25, 0.3) is 0 Å². The lowest BCUT2D eigenvalue weighted by Crippen LogP contribution is -2.48. The first-order valence-corrected chi connectivity index (χ1v) is 6.76. The van der Waals surface area contributed by atoms with E-state index in [1.165, 1.54) is 5.56 Å². The SMILES string of the molecule is CC1(CNC(=O)c2ccc(CBr)cc2)COC1. The summed E-state index contributed by atoms with van der Waals surface area (Å²) < 4.78 is 5.15. The molecule has 4 heteroatoms. The van der Waals surface area contributed by atoms with Gasteiger partial charge in [-0.2, -0.15) is 0 Å². The number of halogens is 1. The molecule has 17 heavy (non-hydrogen) atoms. The number of carbonyl (C=O) groups excluding carboxylic acids is 1. The summed E-state index contributed by atoms with van der Waals surface area (Å²) in [5.41, 5.74) is 1.99. The van der Waals surface area contributed by atoms with Gasteiger partial charge in [-0.1, -0.05) is 35.0 Å². The molecule has 1 aliphatic rings. The highest BCUT2D eigenvalue weighted by atomic mass is 79.9. The largest absolute Gasteiger partial charge is 0.380 e. The van der Waals surface area contributed by atoms with E-state index >= 15 is 0 Å². The number of amides is 1. The number of hydrogen-bond donors (Lipinski definition) is 1. The van der Waals surface area contributed by atoms with Crippen LogP contribution in [0.2, 0.25) is 0 Å². The standard InChI is InChI=1S/C13H16BrNO2/c1-13(8-17-9-13)7-15-12(16)11-4-2-10(6-14)3-5-11/h2-5H,6-9H2,1H3,(H,15,16). The molecule has 1 aliphatic heterocycles. The third-order valence-electron chi connectivity index (χ3n) is 2.95. The molecule has 0 aromatic heterocycles. The van der Waals surface area contributed by atoms with Crippen LogP contribution in [0.1, 0.15) is 22.8 Å². The Kier molecular flexibility index (Phi) is 3.84. The number of ether oxygens (including phenoxy) is 1. The minimum Gasteiger partial charge on any atom is -0.380 e. The number of rotatable bonds is 4. The van der Waals surface area contributed by atoms with Gasteiger partial charge in [-0.05, 0) is 17.7 Å². The van der Waals surface area contributed by atoms with Crippen molar-refractivity contribution >= 4 is 21.8 Å². The molecule has 0 radical (unpaired) electrons. The average molecular weight is 298 g/mol. The molecule has 1 N–H and O–H groups in total. The zero-order chi connectivity index (χ0) is 12.3. The van der Waals surface area contributed by atoms with Crippen LogP contribution in [-0.4, -0.2) is 25.7 Å². The number of hydrogen-bond acceptors (Lipinski definition) is 2. The van der Waals surface area contributed by atoms with Gasteiger partial charge in [0, 0.05) is 22.9 Å². The minimum atomic E-state index is -0.0146. The third kappa shape index (κ3) is 3.07.